The standard InChI is InChI=1S/C8H7BrFNO2.C2HF3O2/c1-13-8(12)3-7-6(10)2-5(9)4-11-7;3-2(4,5)1(6)7/h2,4H,3H2,1H3;(H,6,7). The molecular weight excluding hydrogens is 354 g/mol. The Morgan fingerprint density at radius 2 is 1.95 bits per heavy atom. The Bertz CT molecular complexity index is 493. The number of pyridine rings is 1. The molecule has 0 fully saturated rings. The molecule has 0 bridgehead atoms. The molecule has 5 nitrogen and oxygen atoms in total. The Morgan fingerprint density at radius 1 is 1.45 bits per heavy atom. The zero-order chi connectivity index (χ0) is 15.9. The lowest BCUT2D eigenvalue weighted by molar-refractivity contribution is -0.192. The van der Waals surface area contributed by atoms with Crippen molar-refractivity contribution in [3.63, 3.8) is 0 Å². The highest BCUT2D eigenvalue weighted by Gasteiger charge is 2.38. The number of halogens is 5. The quantitative estimate of drug-likeness (QED) is 0.646. The number of hydrogen-bond donors (Lipinski definition) is 1. The van der Waals surface area contributed by atoms with Gasteiger partial charge in [-0.1, -0.05) is 0 Å². The van der Waals surface area contributed by atoms with Crippen LogP contribution in [0, 0.1) is 5.82 Å². The molecule has 0 aliphatic rings. The van der Waals surface area contributed by atoms with Gasteiger partial charge in [-0.25, -0.2) is 9.18 Å². The minimum Gasteiger partial charge on any atom is -0.475 e. The smallest absolute Gasteiger partial charge is 0.475 e. The van der Waals surface area contributed by atoms with Crippen molar-refractivity contribution in [3.8, 4) is 0 Å². The molecule has 1 aromatic rings. The summed E-state index contributed by atoms with van der Waals surface area (Å²) in [7, 11) is 1.25. The summed E-state index contributed by atoms with van der Waals surface area (Å²) >= 11 is 3.06. The van der Waals surface area contributed by atoms with Crippen LogP contribution in [0.4, 0.5) is 17.6 Å². The molecule has 0 aliphatic carbocycles. The SMILES string of the molecule is COC(=O)Cc1ncc(Br)cc1F.O=C(O)C(F)(F)F. The van der Waals surface area contributed by atoms with Crippen LogP contribution in [0.15, 0.2) is 16.7 Å². The first-order chi connectivity index (χ1) is 9.07. The first-order valence-electron chi connectivity index (χ1n) is 4.74. The molecule has 112 valence electrons. The average molecular weight is 362 g/mol. The third-order valence-corrected chi connectivity index (χ3v) is 2.10. The van der Waals surface area contributed by atoms with Crippen LogP contribution in [-0.2, 0) is 20.7 Å². The maximum atomic E-state index is 13.0. The summed E-state index contributed by atoms with van der Waals surface area (Å²) in [6, 6.07) is 1.26. The van der Waals surface area contributed by atoms with Gasteiger partial charge in [-0.3, -0.25) is 9.78 Å². The minimum atomic E-state index is -5.08. The van der Waals surface area contributed by atoms with Gasteiger partial charge in [-0.15, -0.1) is 0 Å². The summed E-state index contributed by atoms with van der Waals surface area (Å²) in [4.78, 5) is 23.4. The molecule has 0 spiro atoms. The Labute approximate surface area is 118 Å². The second-order valence-corrected chi connectivity index (χ2v) is 4.05. The van der Waals surface area contributed by atoms with Gasteiger partial charge in [0.1, 0.15) is 5.82 Å². The van der Waals surface area contributed by atoms with Gasteiger partial charge in [-0.2, -0.15) is 13.2 Å². The second kappa shape index (κ2) is 7.78. The number of hydrogen-bond acceptors (Lipinski definition) is 4. The third-order valence-electron chi connectivity index (χ3n) is 1.67. The van der Waals surface area contributed by atoms with Gasteiger partial charge in [0.05, 0.1) is 19.2 Å². The van der Waals surface area contributed by atoms with Crippen molar-refractivity contribution in [3.05, 3.63) is 28.2 Å². The second-order valence-electron chi connectivity index (χ2n) is 3.14. The predicted molar refractivity (Wildman–Crippen MR) is 61.3 cm³/mol. The van der Waals surface area contributed by atoms with Crippen molar-refractivity contribution in [2.75, 3.05) is 7.11 Å². The van der Waals surface area contributed by atoms with Gasteiger partial charge in [-0.05, 0) is 22.0 Å². The van der Waals surface area contributed by atoms with E-state index in [0.717, 1.165) is 0 Å². The number of methoxy groups -OCH3 is 1. The van der Waals surface area contributed by atoms with E-state index in [4.69, 9.17) is 9.90 Å². The van der Waals surface area contributed by atoms with Crippen LogP contribution in [-0.4, -0.2) is 35.3 Å². The lowest BCUT2D eigenvalue weighted by atomic mass is 10.2. The first kappa shape index (κ1) is 18.3. The maximum absolute atomic E-state index is 13.0. The highest BCUT2D eigenvalue weighted by molar-refractivity contribution is 9.10. The van der Waals surface area contributed by atoms with Gasteiger partial charge >= 0.3 is 18.1 Å². The molecule has 1 aromatic heterocycles. The first-order valence-corrected chi connectivity index (χ1v) is 5.54. The zero-order valence-corrected chi connectivity index (χ0v) is 11.5. The monoisotopic (exact) mass is 361 g/mol. The lowest BCUT2D eigenvalue weighted by Crippen LogP contribution is -2.21. The van der Waals surface area contributed by atoms with E-state index < -0.39 is 23.9 Å². The van der Waals surface area contributed by atoms with Gasteiger partial charge in [0, 0.05) is 10.7 Å². The van der Waals surface area contributed by atoms with E-state index in [0.29, 0.717) is 4.47 Å². The fourth-order valence-electron chi connectivity index (χ4n) is 0.782. The molecule has 0 aliphatic heterocycles. The number of ether oxygens (including phenoxy) is 1. The molecule has 1 N–H and O–H groups in total. The summed E-state index contributed by atoms with van der Waals surface area (Å²) in [6.45, 7) is 0. The van der Waals surface area contributed by atoms with Crippen molar-refractivity contribution in [1.29, 1.82) is 0 Å². The van der Waals surface area contributed by atoms with Crippen molar-refractivity contribution >= 4 is 27.9 Å². The van der Waals surface area contributed by atoms with Crippen LogP contribution in [0.2, 0.25) is 0 Å². The van der Waals surface area contributed by atoms with Crippen LogP contribution in [0.1, 0.15) is 5.69 Å². The summed E-state index contributed by atoms with van der Waals surface area (Å²) in [6.07, 6.45) is -3.79. The highest BCUT2D eigenvalue weighted by Crippen LogP contribution is 2.13. The largest absolute Gasteiger partial charge is 0.490 e. The number of esters is 1. The number of aromatic nitrogens is 1. The van der Waals surface area contributed by atoms with E-state index in [9.17, 15) is 22.4 Å². The fraction of sp³-hybridized carbons (Fsp3) is 0.300. The molecule has 1 rings (SSSR count). The number of nitrogens with zero attached hydrogens (tertiary/aromatic N) is 1. The van der Waals surface area contributed by atoms with Gasteiger partial charge in [0.15, 0.2) is 0 Å². The Hall–Kier alpha value is -1.71. The highest BCUT2D eigenvalue weighted by atomic mass is 79.9. The molecule has 0 atom stereocenters. The van der Waals surface area contributed by atoms with Crippen molar-refractivity contribution in [2.45, 2.75) is 12.6 Å². The molecule has 1 heterocycles. The van der Waals surface area contributed by atoms with Crippen molar-refractivity contribution < 1.29 is 37.0 Å². The molecule has 0 aromatic carbocycles. The molecule has 10 heteroatoms. The summed E-state index contributed by atoms with van der Waals surface area (Å²) < 4.78 is 49.7. The van der Waals surface area contributed by atoms with E-state index in [2.05, 4.69) is 25.7 Å². The van der Waals surface area contributed by atoms with E-state index in [1.54, 1.807) is 0 Å². The molecule has 0 unspecified atom stereocenters. The van der Waals surface area contributed by atoms with Crippen LogP contribution in [0.5, 0.6) is 0 Å². The van der Waals surface area contributed by atoms with Crippen molar-refractivity contribution in [2.24, 2.45) is 0 Å². The van der Waals surface area contributed by atoms with Gasteiger partial charge in [0.2, 0.25) is 0 Å². The van der Waals surface area contributed by atoms with Crippen molar-refractivity contribution in [1.82, 2.24) is 4.98 Å². The summed E-state index contributed by atoms with van der Waals surface area (Å²) in [5.74, 6) is -3.78. The molecule has 0 saturated carbocycles. The predicted octanol–water partition coefficient (Wildman–Crippen LogP) is 2.33. The lowest BCUT2D eigenvalue weighted by Gasteiger charge is -2.00. The normalized spacial score (nSPS) is 10.3. The number of carboxylic acids is 1. The van der Waals surface area contributed by atoms with Gasteiger partial charge < -0.3 is 9.84 Å². The molecule has 0 amide bonds. The number of carbonyl (C=O) groups is 2. The van der Waals surface area contributed by atoms with Crippen LogP contribution in [0.25, 0.3) is 0 Å². The fourth-order valence-corrected chi connectivity index (χ4v) is 1.09. The Balaban J connectivity index is 0.000000441. The third kappa shape index (κ3) is 7.02. The molecule has 0 saturated heterocycles. The number of alkyl halides is 3. The number of carboxylic acid groups (broad SMARTS) is 1. The van der Waals surface area contributed by atoms with Crippen LogP contribution in [0.3, 0.4) is 0 Å². The van der Waals surface area contributed by atoms with E-state index in [1.807, 2.05) is 0 Å². The Kier molecular flexibility index (Phi) is 7.11. The number of rotatable bonds is 2. The average Bonchev–Trinajstić information content (AvgIpc) is 2.32. The zero-order valence-electron chi connectivity index (χ0n) is 9.87. The van der Waals surface area contributed by atoms with Crippen LogP contribution >= 0.6 is 15.9 Å². The topological polar surface area (TPSA) is 76.5 Å². The molecular formula is C10H8BrF4NO4. The number of aliphatic carboxylic acids is 1. The van der Waals surface area contributed by atoms with Crippen LogP contribution < -0.4 is 0 Å². The van der Waals surface area contributed by atoms with E-state index in [1.165, 1.54) is 19.4 Å². The summed E-state index contributed by atoms with van der Waals surface area (Å²) in [5, 5.41) is 7.12. The van der Waals surface area contributed by atoms with E-state index in [-0.39, 0.29) is 12.1 Å². The number of carbonyl (C=O) groups excluding carboxylic acids is 1. The molecule has 20 heavy (non-hydrogen) atoms. The van der Waals surface area contributed by atoms with E-state index >= 15 is 0 Å². The van der Waals surface area contributed by atoms with Gasteiger partial charge in [0.25, 0.3) is 0 Å². The maximum Gasteiger partial charge on any atom is 0.490 e. The molecule has 0 radical (unpaired) electrons. The summed E-state index contributed by atoms with van der Waals surface area (Å²) in [5.41, 5.74) is 0.0926. The minimum absolute atomic E-state index is 0.0926. The Morgan fingerprint density at radius 3 is 2.30 bits per heavy atom.